The Balaban J connectivity index is 3.08. The third-order valence-electron chi connectivity index (χ3n) is 2.31. The Bertz CT molecular complexity index is 403. The van der Waals surface area contributed by atoms with E-state index in [1.165, 1.54) is 32.4 Å². The van der Waals surface area contributed by atoms with Crippen molar-refractivity contribution in [3.63, 3.8) is 0 Å². The number of benzene rings is 1. The van der Waals surface area contributed by atoms with E-state index in [4.69, 9.17) is 14.6 Å². The molecule has 0 heterocycles. The van der Waals surface area contributed by atoms with Crippen molar-refractivity contribution in [2.75, 3.05) is 14.2 Å². The Hall–Kier alpha value is -1.79. The van der Waals surface area contributed by atoms with E-state index in [1.807, 2.05) is 0 Å². The fourth-order valence-corrected chi connectivity index (χ4v) is 1.37. The van der Waals surface area contributed by atoms with Crippen LogP contribution < -0.4 is 9.47 Å². The third-order valence-corrected chi connectivity index (χ3v) is 2.31. The van der Waals surface area contributed by atoms with Crippen LogP contribution >= 0.6 is 0 Å². The predicted molar refractivity (Wildman–Crippen MR) is 58.1 cm³/mol. The highest BCUT2D eigenvalue weighted by molar-refractivity contribution is 5.73. The van der Waals surface area contributed by atoms with Gasteiger partial charge in [-0.2, -0.15) is 0 Å². The first-order valence-corrected chi connectivity index (χ1v) is 4.82. The van der Waals surface area contributed by atoms with Crippen LogP contribution in [0.1, 0.15) is 11.7 Å². The van der Waals surface area contributed by atoms with Crippen LogP contribution in [-0.2, 0) is 4.79 Å². The highest BCUT2D eigenvalue weighted by Crippen LogP contribution is 2.31. The molecule has 2 unspecified atom stereocenters. The summed E-state index contributed by atoms with van der Waals surface area (Å²) >= 11 is 0. The summed E-state index contributed by atoms with van der Waals surface area (Å²) in [7, 11) is 2.84. The average molecular weight is 242 g/mol. The summed E-state index contributed by atoms with van der Waals surface area (Å²) in [6.45, 7) is 0. The van der Waals surface area contributed by atoms with E-state index in [0.717, 1.165) is 0 Å². The number of aliphatic hydroxyl groups excluding tert-OH is 2. The van der Waals surface area contributed by atoms with Crippen LogP contribution in [0.2, 0.25) is 0 Å². The summed E-state index contributed by atoms with van der Waals surface area (Å²) in [5.74, 6) is -0.755. The molecule has 1 aromatic rings. The number of aliphatic carboxylic acids is 1. The first kappa shape index (κ1) is 13.3. The Morgan fingerprint density at radius 2 is 1.88 bits per heavy atom. The summed E-state index contributed by atoms with van der Waals surface area (Å²) in [6, 6.07) is 4.47. The molecule has 0 bridgehead atoms. The number of ether oxygens (including phenoxy) is 2. The van der Waals surface area contributed by atoms with E-state index >= 15 is 0 Å². The maximum absolute atomic E-state index is 10.6. The van der Waals surface area contributed by atoms with E-state index in [9.17, 15) is 15.0 Å². The smallest absolute Gasteiger partial charge is 0.335 e. The number of carboxylic acid groups (broad SMARTS) is 1. The van der Waals surface area contributed by atoms with Gasteiger partial charge in [-0.3, -0.25) is 0 Å². The van der Waals surface area contributed by atoms with E-state index in [2.05, 4.69) is 0 Å². The van der Waals surface area contributed by atoms with Crippen molar-refractivity contribution in [3.05, 3.63) is 23.8 Å². The molecule has 0 aromatic heterocycles. The van der Waals surface area contributed by atoms with Crippen LogP contribution in [0.4, 0.5) is 0 Å². The van der Waals surface area contributed by atoms with Crippen LogP contribution in [0.15, 0.2) is 18.2 Å². The number of hydrogen-bond acceptors (Lipinski definition) is 5. The molecular formula is C11H14O6. The lowest BCUT2D eigenvalue weighted by Gasteiger charge is -2.17. The minimum absolute atomic E-state index is 0.184. The molecule has 6 heteroatoms. The molecule has 17 heavy (non-hydrogen) atoms. The van der Waals surface area contributed by atoms with Crippen molar-refractivity contribution >= 4 is 5.97 Å². The van der Waals surface area contributed by atoms with Crippen molar-refractivity contribution in [1.82, 2.24) is 0 Å². The minimum atomic E-state index is -1.91. The molecule has 0 fully saturated rings. The van der Waals surface area contributed by atoms with Crippen LogP contribution in [0.5, 0.6) is 11.5 Å². The zero-order chi connectivity index (χ0) is 13.0. The maximum atomic E-state index is 10.6. The van der Waals surface area contributed by atoms with Crippen molar-refractivity contribution in [3.8, 4) is 11.5 Å². The van der Waals surface area contributed by atoms with Crippen LogP contribution in [0.3, 0.4) is 0 Å². The molecule has 1 aromatic carbocycles. The number of carboxylic acids is 1. The largest absolute Gasteiger partial charge is 0.497 e. The van der Waals surface area contributed by atoms with E-state index in [-0.39, 0.29) is 11.3 Å². The Morgan fingerprint density at radius 3 is 2.35 bits per heavy atom. The number of methoxy groups -OCH3 is 2. The Kier molecular flexibility index (Phi) is 4.30. The molecule has 0 saturated carbocycles. The van der Waals surface area contributed by atoms with Gasteiger partial charge in [-0.15, -0.1) is 0 Å². The first-order valence-electron chi connectivity index (χ1n) is 4.82. The van der Waals surface area contributed by atoms with Gasteiger partial charge in [0.25, 0.3) is 0 Å². The van der Waals surface area contributed by atoms with E-state index in [0.29, 0.717) is 5.75 Å². The van der Waals surface area contributed by atoms with Gasteiger partial charge in [0.2, 0.25) is 0 Å². The van der Waals surface area contributed by atoms with Crippen molar-refractivity contribution in [2.24, 2.45) is 0 Å². The van der Waals surface area contributed by atoms with Gasteiger partial charge in [0, 0.05) is 11.6 Å². The van der Waals surface area contributed by atoms with Gasteiger partial charge in [0.1, 0.15) is 17.6 Å². The second kappa shape index (κ2) is 5.51. The lowest BCUT2D eigenvalue weighted by molar-refractivity contribution is -0.153. The second-order valence-electron chi connectivity index (χ2n) is 3.34. The topological polar surface area (TPSA) is 96.2 Å². The summed E-state index contributed by atoms with van der Waals surface area (Å²) in [6.07, 6.45) is -3.47. The predicted octanol–water partition coefficient (Wildman–Crippen LogP) is 0.183. The monoisotopic (exact) mass is 242 g/mol. The summed E-state index contributed by atoms with van der Waals surface area (Å²) in [5.41, 5.74) is 0.184. The highest BCUT2D eigenvalue weighted by atomic mass is 16.5. The molecule has 0 radical (unpaired) electrons. The molecule has 0 aliphatic rings. The SMILES string of the molecule is COc1ccc(C(O)C(O)C(=O)O)c(OC)c1. The van der Waals surface area contributed by atoms with Gasteiger partial charge in [-0.05, 0) is 12.1 Å². The van der Waals surface area contributed by atoms with Crippen LogP contribution in [-0.4, -0.2) is 41.6 Å². The normalized spacial score (nSPS) is 13.9. The van der Waals surface area contributed by atoms with Crippen LogP contribution in [0, 0.1) is 0 Å². The molecule has 6 nitrogen and oxygen atoms in total. The molecule has 94 valence electrons. The molecule has 0 aliphatic heterocycles. The summed E-state index contributed by atoms with van der Waals surface area (Å²) in [5, 5.41) is 27.5. The summed E-state index contributed by atoms with van der Waals surface area (Å²) in [4.78, 5) is 10.6. The fraction of sp³-hybridized carbons (Fsp3) is 0.364. The van der Waals surface area contributed by atoms with E-state index < -0.39 is 18.2 Å². The van der Waals surface area contributed by atoms with Crippen molar-refractivity contribution in [1.29, 1.82) is 0 Å². The third kappa shape index (κ3) is 2.86. The van der Waals surface area contributed by atoms with Crippen molar-refractivity contribution in [2.45, 2.75) is 12.2 Å². The van der Waals surface area contributed by atoms with Gasteiger partial charge in [0.05, 0.1) is 14.2 Å². The standard InChI is InChI=1S/C11H14O6/c1-16-6-3-4-7(8(5-6)17-2)9(12)10(13)11(14)15/h3-5,9-10,12-13H,1-2H3,(H,14,15). The molecule has 1 rings (SSSR count). The van der Waals surface area contributed by atoms with Gasteiger partial charge in [-0.25, -0.2) is 4.79 Å². The first-order chi connectivity index (χ1) is 8.01. The summed E-state index contributed by atoms with van der Waals surface area (Å²) < 4.78 is 9.95. The van der Waals surface area contributed by atoms with Crippen LogP contribution in [0.25, 0.3) is 0 Å². The van der Waals surface area contributed by atoms with Gasteiger partial charge in [-0.1, -0.05) is 0 Å². The van der Waals surface area contributed by atoms with Gasteiger partial charge >= 0.3 is 5.97 Å². The second-order valence-corrected chi connectivity index (χ2v) is 3.34. The Morgan fingerprint density at radius 1 is 1.24 bits per heavy atom. The molecule has 2 atom stereocenters. The van der Waals surface area contributed by atoms with E-state index in [1.54, 1.807) is 0 Å². The molecule has 0 spiro atoms. The Labute approximate surface area is 98.0 Å². The molecule has 0 amide bonds. The van der Waals surface area contributed by atoms with Gasteiger partial charge in [0.15, 0.2) is 6.10 Å². The maximum Gasteiger partial charge on any atom is 0.335 e. The highest BCUT2D eigenvalue weighted by Gasteiger charge is 2.27. The van der Waals surface area contributed by atoms with Crippen molar-refractivity contribution < 1.29 is 29.6 Å². The minimum Gasteiger partial charge on any atom is -0.497 e. The number of rotatable bonds is 5. The number of aliphatic hydroxyl groups is 2. The molecule has 0 aliphatic carbocycles. The lowest BCUT2D eigenvalue weighted by atomic mass is 10.0. The fourth-order valence-electron chi connectivity index (χ4n) is 1.37. The zero-order valence-corrected chi connectivity index (χ0v) is 9.45. The molecule has 3 N–H and O–H groups in total. The zero-order valence-electron chi connectivity index (χ0n) is 9.45. The average Bonchev–Trinajstić information content (AvgIpc) is 2.35. The van der Waals surface area contributed by atoms with Gasteiger partial charge < -0.3 is 24.8 Å². The number of hydrogen-bond donors (Lipinski definition) is 3. The molecular weight excluding hydrogens is 228 g/mol. The lowest BCUT2D eigenvalue weighted by Crippen LogP contribution is -2.27. The number of carbonyl (C=O) groups is 1. The molecule has 0 saturated heterocycles. The quantitative estimate of drug-likeness (QED) is 0.681.